The van der Waals surface area contributed by atoms with Crippen molar-refractivity contribution < 1.29 is 14.3 Å². The van der Waals surface area contributed by atoms with Gasteiger partial charge in [0.25, 0.3) is 0 Å². The monoisotopic (exact) mass is 388 g/mol. The molecule has 3 aromatic carbocycles. The molecule has 0 bridgehead atoms. The first-order valence-electron chi connectivity index (χ1n) is 9.91. The van der Waals surface area contributed by atoms with Crippen molar-refractivity contribution in [1.29, 1.82) is 0 Å². The molecular formula is C26H28O3. The number of benzene rings is 3. The fourth-order valence-corrected chi connectivity index (χ4v) is 3.59. The molecule has 150 valence electrons. The number of methoxy groups -OCH3 is 1. The van der Waals surface area contributed by atoms with Gasteiger partial charge in [0.1, 0.15) is 12.4 Å². The van der Waals surface area contributed by atoms with Gasteiger partial charge in [-0.2, -0.15) is 0 Å². The number of hydrogen-bond donors (Lipinski definition) is 0. The van der Waals surface area contributed by atoms with Crippen LogP contribution in [0.1, 0.15) is 52.4 Å². The van der Waals surface area contributed by atoms with Crippen LogP contribution in [0.3, 0.4) is 0 Å². The molecule has 0 saturated heterocycles. The second-order valence-corrected chi connectivity index (χ2v) is 7.66. The fraction of sp³-hybridized carbons (Fsp3) is 0.269. The number of carbonyl (C=O) groups is 1. The number of hydrogen-bond acceptors (Lipinski definition) is 3. The Morgan fingerprint density at radius 2 is 1.55 bits per heavy atom. The van der Waals surface area contributed by atoms with E-state index in [2.05, 4.69) is 58.0 Å². The molecule has 0 saturated carbocycles. The van der Waals surface area contributed by atoms with E-state index < -0.39 is 0 Å². The second-order valence-electron chi connectivity index (χ2n) is 7.66. The Hall–Kier alpha value is -3.07. The minimum absolute atomic E-state index is 0.222. The van der Waals surface area contributed by atoms with Crippen LogP contribution < -0.4 is 4.74 Å². The zero-order chi connectivity index (χ0) is 21.0. The minimum atomic E-state index is -0.294. The lowest BCUT2D eigenvalue weighted by molar-refractivity contribution is 0.0599. The van der Waals surface area contributed by atoms with E-state index in [0.717, 1.165) is 39.1 Å². The molecule has 3 heteroatoms. The molecule has 0 aromatic heterocycles. The van der Waals surface area contributed by atoms with E-state index in [0.29, 0.717) is 12.2 Å². The van der Waals surface area contributed by atoms with E-state index in [-0.39, 0.29) is 11.9 Å². The predicted molar refractivity (Wildman–Crippen MR) is 118 cm³/mol. The van der Waals surface area contributed by atoms with E-state index in [9.17, 15) is 4.79 Å². The standard InChI is InChI=1S/C26H28O3/c1-17(2)24-15-21(11-12-23(24)26(27)28-5)22-13-18(3)25(19(4)14-22)29-16-20-9-7-6-8-10-20/h6-15,17H,16H2,1-5H3. The second kappa shape index (κ2) is 8.95. The molecular weight excluding hydrogens is 360 g/mol. The normalized spacial score (nSPS) is 10.8. The first-order chi connectivity index (χ1) is 13.9. The molecule has 0 heterocycles. The summed E-state index contributed by atoms with van der Waals surface area (Å²) in [5.74, 6) is 0.852. The molecule has 3 rings (SSSR count). The average molecular weight is 389 g/mol. The molecule has 0 radical (unpaired) electrons. The number of carbonyl (C=O) groups excluding carboxylic acids is 1. The van der Waals surface area contributed by atoms with Crippen LogP contribution in [-0.2, 0) is 11.3 Å². The van der Waals surface area contributed by atoms with Crippen LogP contribution in [0.5, 0.6) is 5.75 Å². The Balaban J connectivity index is 1.92. The highest BCUT2D eigenvalue weighted by atomic mass is 16.5. The molecule has 0 amide bonds. The van der Waals surface area contributed by atoms with Crippen molar-refractivity contribution in [2.45, 2.75) is 40.2 Å². The number of rotatable bonds is 6. The SMILES string of the molecule is COC(=O)c1ccc(-c2cc(C)c(OCc3ccccc3)c(C)c2)cc1C(C)C. The molecule has 0 unspecified atom stereocenters. The van der Waals surface area contributed by atoms with Crippen molar-refractivity contribution in [3.05, 3.63) is 88.5 Å². The largest absolute Gasteiger partial charge is 0.488 e. The minimum Gasteiger partial charge on any atom is -0.488 e. The van der Waals surface area contributed by atoms with Crippen molar-refractivity contribution in [1.82, 2.24) is 0 Å². The maximum atomic E-state index is 12.1. The number of aryl methyl sites for hydroxylation is 2. The molecule has 0 atom stereocenters. The maximum Gasteiger partial charge on any atom is 0.338 e. The summed E-state index contributed by atoms with van der Waals surface area (Å²) in [4.78, 5) is 12.1. The van der Waals surface area contributed by atoms with Crippen LogP contribution in [0.4, 0.5) is 0 Å². The Labute approximate surface area is 173 Å². The van der Waals surface area contributed by atoms with Crippen molar-refractivity contribution in [2.75, 3.05) is 7.11 Å². The highest BCUT2D eigenvalue weighted by Gasteiger charge is 2.16. The number of ether oxygens (including phenoxy) is 2. The molecule has 0 aliphatic carbocycles. The van der Waals surface area contributed by atoms with Crippen molar-refractivity contribution in [3.8, 4) is 16.9 Å². The first-order valence-corrected chi connectivity index (χ1v) is 9.91. The molecule has 0 spiro atoms. The van der Waals surface area contributed by atoms with Crippen LogP contribution in [0, 0.1) is 13.8 Å². The lowest BCUT2D eigenvalue weighted by Gasteiger charge is -2.16. The van der Waals surface area contributed by atoms with Crippen molar-refractivity contribution >= 4 is 5.97 Å². The maximum absolute atomic E-state index is 12.1. The lowest BCUT2D eigenvalue weighted by Crippen LogP contribution is -2.07. The van der Waals surface area contributed by atoms with Crippen LogP contribution >= 0.6 is 0 Å². The van der Waals surface area contributed by atoms with Gasteiger partial charge in [-0.05, 0) is 71.3 Å². The molecule has 0 fully saturated rings. The summed E-state index contributed by atoms with van der Waals surface area (Å²) in [6.07, 6.45) is 0. The van der Waals surface area contributed by atoms with E-state index in [1.165, 1.54) is 7.11 Å². The Morgan fingerprint density at radius 3 is 2.14 bits per heavy atom. The van der Waals surface area contributed by atoms with Gasteiger partial charge in [0.2, 0.25) is 0 Å². The molecule has 0 aliphatic heterocycles. The summed E-state index contributed by atoms with van der Waals surface area (Å²) in [5.41, 5.74) is 7.16. The Bertz CT molecular complexity index is 981. The summed E-state index contributed by atoms with van der Waals surface area (Å²) < 4.78 is 11.0. The summed E-state index contributed by atoms with van der Waals surface area (Å²) in [6.45, 7) is 8.87. The predicted octanol–water partition coefficient (Wildman–Crippen LogP) is 6.46. The lowest BCUT2D eigenvalue weighted by atomic mass is 9.91. The fourth-order valence-electron chi connectivity index (χ4n) is 3.59. The smallest absolute Gasteiger partial charge is 0.338 e. The molecule has 29 heavy (non-hydrogen) atoms. The van der Waals surface area contributed by atoms with E-state index in [1.54, 1.807) is 0 Å². The summed E-state index contributed by atoms with van der Waals surface area (Å²) in [7, 11) is 1.42. The van der Waals surface area contributed by atoms with Crippen LogP contribution in [0.15, 0.2) is 60.7 Å². The molecule has 0 N–H and O–H groups in total. The summed E-state index contributed by atoms with van der Waals surface area (Å²) in [6, 6.07) is 20.4. The number of esters is 1. The van der Waals surface area contributed by atoms with Crippen molar-refractivity contribution in [2.24, 2.45) is 0 Å². The van der Waals surface area contributed by atoms with Crippen molar-refractivity contribution in [3.63, 3.8) is 0 Å². The summed E-state index contributed by atoms with van der Waals surface area (Å²) >= 11 is 0. The van der Waals surface area contributed by atoms with E-state index >= 15 is 0 Å². The van der Waals surface area contributed by atoms with Gasteiger partial charge < -0.3 is 9.47 Å². The van der Waals surface area contributed by atoms with Gasteiger partial charge in [0.05, 0.1) is 12.7 Å². The topological polar surface area (TPSA) is 35.5 Å². The quantitative estimate of drug-likeness (QED) is 0.455. The van der Waals surface area contributed by atoms with Crippen LogP contribution in [0.2, 0.25) is 0 Å². The third kappa shape index (κ3) is 4.68. The zero-order valence-corrected chi connectivity index (χ0v) is 17.8. The van der Waals surface area contributed by atoms with Gasteiger partial charge in [-0.15, -0.1) is 0 Å². The third-order valence-corrected chi connectivity index (χ3v) is 5.10. The van der Waals surface area contributed by atoms with Gasteiger partial charge in [0, 0.05) is 0 Å². The zero-order valence-electron chi connectivity index (χ0n) is 17.8. The van der Waals surface area contributed by atoms with Crippen LogP contribution in [-0.4, -0.2) is 13.1 Å². The molecule has 3 aromatic rings. The van der Waals surface area contributed by atoms with Gasteiger partial charge in [-0.3, -0.25) is 0 Å². The first kappa shape index (κ1) is 20.7. The van der Waals surface area contributed by atoms with Gasteiger partial charge >= 0.3 is 5.97 Å². The summed E-state index contributed by atoms with van der Waals surface area (Å²) in [5, 5.41) is 0. The highest BCUT2D eigenvalue weighted by molar-refractivity contribution is 5.92. The Kier molecular flexibility index (Phi) is 6.38. The van der Waals surface area contributed by atoms with Gasteiger partial charge in [0.15, 0.2) is 0 Å². The molecule has 3 nitrogen and oxygen atoms in total. The Morgan fingerprint density at radius 1 is 0.897 bits per heavy atom. The third-order valence-electron chi connectivity index (χ3n) is 5.10. The van der Waals surface area contributed by atoms with Gasteiger partial charge in [-0.25, -0.2) is 4.79 Å². The van der Waals surface area contributed by atoms with Crippen LogP contribution in [0.25, 0.3) is 11.1 Å². The highest BCUT2D eigenvalue weighted by Crippen LogP contribution is 2.33. The average Bonchev–Trinajstić information content (AvgIpc) is 2.72. The van der Waals surface area contributed by atoms with E-state index in [1.807, 2.05) is 30.3 Å². The molecule has 0 aliphatic rings. The van der Waals surface area contributed by atoms with E-state index in [4.69, 9.17) is 9.47 Å². The van der Waals surface area contributed by atoms with Gasteiger partial charge in [-0.1, -0.05) is 56.3 Å².